The van der Waals surface area contributed by atoms with E-state index in [-0.39, 0.29) is 23.8 Å². The van der Waals surface area contributed by atoms with Crippen molar-refractivity contribution in [1.82, 2.24) is 4.90 Å². The van der Waals surface area contributed by atoms with Crippen molar-refractivity contribution in [3.63, 3.8) is 0 Å². The summed E-state index contributed by atoms with van der Waals surface area (Å²) in [6.07, 6.45) is 1.69. The molecule has 0 radical (unpaired) electrons. The molecule has 0 bridgehead atoms. The SMILES string of the molecule is Cc1cc(Cl)cc2c1NC(=O)[C@@]21[C@@H]2C(=O)N(c3ccccc3)C(=O)[C@@H]2[C@@H]2CCCN21. The maximum atomic E-state index is 13.8. The van der Waals surface area contributed by atoms with Gasteiger partial charge in [-0.3, -0.25) is 19.3 Å². The van der Waals surface area contributed by atoms with Gasteiger partial charge in [-0.15, -0.1) is 0 Å². The van der Waals surface area contributed by atoms with Gasteiger partial charge in [0, 0.05) is 22.3 Å². The van der Waals surface area contributed by atoms with Gasteiger partial charge in [-0.2, -0.15) is 0 Å². The predicted octanol–water partition coefficient (Wildman–Crippen LogP) is 3.08. The summed E-state index contributed by atoms with van der Waals surface area (Å²) in [6, 6.07) is 12.5. The van der Waals surface area contributed by atoms with Crippen molar-refractivity contribution >= 4 is 40.7 Å². The molecule has 4 aliphatic rings. The molecule has 0 saturated carbocycles. The van der Waals surface area contributed by atoms with E-state index < -0.39 is 17.4 Å². The number of hydrogen-bond acceptors (Lipinski definition) is 4. The average molecular weight is 422 g/mol. The highest BCUT2D eigenvalue weighted by Gasteiger charge is 2.74. The number of amides is 3. The number of nitrogens with zero attached hydrogens (tertiary/aromatic N) is 2. The van der Waals surface area contributed by atoms with E-state index in [9.17, 15) is 14.4 Å². The van der Waals surface area contributed by atoms with Gasteiger partial charge >= 0.3 is 0 Å². The van der Waals surface area contributed by atoms with Crippen molar-refractivity contribution in [1.29, 1.82) is 0 Å². The molecule has 3 fully saturated rings. The van der Waals surface area contributed by atoms with Crippen LogP contribution < -0.4 is 10.2 Å². The Hall–Kier alpha value is -2.70. The number of halogens is 1. The molecule has 3 amide bonds. The van der Waals surface area contributed by atoms with Crippen LogP contribution >= 0.6 is 11.6 Å². The molecule has 0 aliphatic carbocycles. The van der Waals surface area contributed by atoms with Crippen LogP contribution in [-0.4, -0.2) is 35.2 Å². The third-order valence-electron chi connectivity index (χ3n) is 7.28. The number of nitrogens with one attached hydrogen (secondary N) is 1. The van der Waals surface area contributed by atoms with Crippen molar-refractivity contribution in [3.8, 4) is 0 Å². The monoisotopic (exact) mass is 421 g/mol. The van der Waals surface area contributed by atoms with E-state index in [0.29, 0.717) is 22.9 Å². The van der Waals surface area contributed by atoms with E-state index in [1.165, 1.54) is 4.90 Å². The summed E-state index contributed by atoms with van der Waals surface area (Å²) in [4.78, 5) is 44.4. The molecule has 152 valence electrons. The van der Waals surface area contributed by atoms with E-state index in [1.807, 2.05) is 31.2 Å². The highest BCUT2D eigenvalue weighted by atomic mass is 35.5. The Morgan fingerprint density at radius 1 is 1.10 bits per heavy atom. The zero-order chi connectivity index (χ0) is 20.8. The summed E-state index contributed by atoms with van der Waals surface area (Å²) in [5, 5.41) is 3.55. The molecule has 4 atom stereocenters. The summed E-state index contributed by atoms with van der Waals surface area (Å²) >= 11 is 6.39. The second-order valence-corrected chi connectivity index (χ2v) is 9.06. The van der Waals surface area contributed by atoms with E-state index in [0.717, 1.165) is 24.0 Å². The molecule has 7 heteroatoms. The second-order valence-electron chi connectivity index (χ2n) is 8.62. The van der Waals surface area contributed by atoms with Crippen LogP contribution in [-0.2, 0) is 19.9 Å². The normalized spacial score (nSPS) is 32.0. The van der Waals surface area contributed by atoms with E-state index >= 15 is 0 Å². The first kappa shape index (κ1) is 18.1. The van der Waals surface area contributed by atoms with Crippen LogP contribution in [0.25, 0.3) is 0 Å². The molecule has 3 saturated heterocycles. The highest BCUT2D eigenvalue weighted by molar-refractivity contribution is 6.31. The van der Waals surface area contributed by atoms with Crippen molar-refractivity contribution in [2.24, 2.45) is 11.8 Å². The van der Waals surface area contributed by atoms with Crippen LogP contribution in [0.3, 0.4) is 0 Å². The Morgan fingerprint density at radius 3 is 2.63 bits per heavy atom. The number of imide groups is 1. The maximum Gasteiger partial charge on any atom is 0.250 e. The quantitative estimate of drug-likeness (QED) is 0.718. The highest BCUT2D eigenvalue weighted by Crippen LogP contribution is 2.61. The van der Waals surface area contributed by atoms with E-state index in [2.05, 4.69) is 10.2 Å². The van der Waals surface area contributed by atoms with E-state index in [1.54, 1.807) is 18.2 Å². The van der Waals surface area contributed by atoms with Gasteiger partial charge in [-0.05, 0) is 56.1 Å². The first-order valence-electron chi connectivity index (χ1n) is 10.3. The number of rotatable bonds is 1. The van der Waals surface area contributed by atoms with Crippen molar-refractivity contribution < 1.29 is 14.4 Å². The minimum atomic E-state index is -1.19. The lowest BCUT2D eigenvalue weighted by Crippen LogP contribution is -2.54. The fourth-order valence-electron chi connectivity index (χ4n) is 6.27. The summed E-state index contributed by atoms with van der Waals surface area (Å²) in [7, 11) is 0. The van der Waals surface area contributed by atoms with Crippen LogP contribution in [0.4, 0.5) is 11.4 Å². The molecule has 4 heterocycles. The minimum Gasteiger partial charge on any atom is -0.324 e. The maximum absolute atomic E-state index is 13.8. The molecule has 2 aromatic rings. The lowest BCUT2D eigenvalue weighted by Gasteiger charge is -2.36. The molecular weight excluding hydrogens is 402 g/mol. The van der Waals surface area contributed by atoms with Gasteiger partial charge in [-0.25, -0.2) is 4.90 Å². The van der Waals surface area contributed by atoms with Crippen LogP contribution in [0, 0.1) is 18.8 Å². The zero-order valence-corrected chi connectivity index (χ0v) is 17.1. The Bertz CT molecular complexity index is 1130. The van der Waals surface area contributed by atoms with Gasteiger partial charge < -0.3 is 5.32 Å². The summed E-state index contributed by atoms with van der Waals surface area (Å²) < 4.78 is 0. The van der Waals surface area contributed by atoms with Crippen LogP contribution in [0.1, 0.15) is 24.0 Å². The van der Waals surface area contributed by atoms with Gasteiger partial charge in [0.2, 0.25) is 17.7 Å². The van der Waals surface area contributed by atoms with Crippen LogP contribution in [0.15, 0.2) is 42.5 Å². The fourth-order valence-corrected chi connectivity index (χ4v) is 6.54. The fraction of sp³-hybridized carbons (Fsp3) is 0.348. The average Bonchev–Trinajstić information content (AvgIpc) is 3.42. The Kier molecular flexibility index (Phi) is 3.58. The third kappa shape index (κ3) is 1.96. The van der Waals surface area contributed by atoms with Crippen molar-refractivity contribution in [2.45, 2.75) is 31.3 Å². The number of para-hydroxylation sites is 1. The summed E-state index contributed by atoms with van der Waals surface area (Å²) in [5.41, 5.74) is 1.68. The number of hydrogen-bond donors (Lipinski definition) is 1. The topological polar surface area (TPSA) is 69.7 Å². The number of anilines is 2. The second kappa shape index (κ2) is 5.93. The van der Waals surface area contributed by atoms with Gasteiger partial charge in [-0.1, -0.05) is 29.8 Å². The van der Waals surface area contributed by atoms with Gasteiger partial charge in [0.25, 0.3) is 0 Å². The van der Waals surface area contributed by atoms with E-state index in [4.69, 9.17) is 11.6 Å². The summed E-state index contributed by atoms with van der Waals surface area (Å²) in [5.74, 6) is -2.01. The third-order valence-corrected chi connectivity index (χ3v) is 7.50. The number of carbonyl (C=O) groups excluding carboxylic acids is 3. The molecule has 30 heavy (non-hydrogen) atoms. The van der Waals surface area contributed by atoms with Gasteiger partial charge in [0.1, 0.15) is 5.54 Å². The Labute approximate surface area is 178 Å². The number of aryl methyl sites for hydroxylation is 1. The molecule has 0 unspecified atom stereocenters. The van der Waals surface area contributed by atoms with Crippen LogP contribution in [0.2, 0.25) is 5.02 Å². The van der Waals surface area contributed by atoms with Gasteiger partial charge in [0.15, 0.2) is 0 Å². The number of benzene rings is 2. The smallest absolute Gasteiger partial charge is 0.250 e. The molecular formula is C23H20ClN3O3. The lowest BCUT2D eigenvalue weighted by molar-refractivity contribution is -0.135. The largest absolute Gasteiger partial charge is 0.324 e. The first-order chi connectivity index (χ1) is 14.5. The summed E-state index contributed by atoms with van der Waals surface area (Å²) in [6.45, 7) is 2.58. The molecule has 1 spiro atoms. The number of carbonyl (C=O) groups is 3. The molecule has 1 N–H and O–H groups in total. The predicted molar refractivity (Wildman–Crippen MR) is 112 cm³/mol. The lowest BCUT2D eigenvalue weighted by atomic mass is 9.75. The Balaban J connectivity index is 1.59. The Morgan fingerprint density at radius 2 is 1.87 bits per heavy atom. The van der Waals surface area contributed by atoms with Crippen molar-refractivity contribution in [3.05, 3.63) is 58.6 Å². The van der Waals surface area contributed by atoms with Crippen molar-refractivity contribution in [2.75, 3.05) is 16.8 Å². The first-order valence-corrected chi connectivity index (χ1v) is 10.7. The minimum absolute atomic E-state index is 0.129. The molecule has 2 aromatic carbocycles. The zero-order valence-electron chi connectivity index (χ0n) is 16.4. The molecule has 0 aromatic heterocycles. The van der Waals surface area contributed by atoms with Crippen LogP contribution in [0.5, 0.6) is 0 Å². The molecule has 4 aliphatic heterocycles. The molecule has 6 rings (SSSR count). The number of fused-ring (bicyclic) bond motifs is 7. The standard InChI is InChI=1S/C23H20ClN3O3/c1-12-10-13(24)11-15-19(12)25-22(30)23(15)18-17(16-8-5-9-26(16)23)20(28)27(21(18)29)14-6-3-2-4-7-14/h2-4,6-7,10-11,16-18H,5,8-9H2,1H3,(H,25,30)/t16-,17+,18-,23-/m0/s1. The molecule has 6 nitrogen and oxygen atoms in total. The van der Waals surface area contributed by atoms with Gasteiger partial charge in [0.05, 0.1) is 17.5 Å².